The van der Waals surface area contributed by atoms with Gasteiger partial charge in [0, 0.05) is 12.1 Å². The van der Waals surface area contributed by atoms with E-state index >= 15 is 0 Å². The number of halogens is 2. The Labute approximate surface area is 122 Å². The van der Waals surface area contributed by atoms with Crippen LogP contribution in [0, 0.1) is 11.6 Å². The van der Waals surface area contributed by atoms with Crippen LogP contribution in [0.2, 0.25) is 0 Å². The second-order valence-electron chi connectivity index (χ2n) is 4.45. The Morgan fingerprint density at radius 3 is 2.24 bits per heavy atom. The number of rotatable bonds is 5. The molecule has 2 rings (SSSR count). The van der Waals surface area contributed by atoms with Gasteiger partial charge in [0.2, 0.25) is 0 Å². The van der Waals surface area contributed by atoms with E-state index in [2.05, 4.69) is 5.32 Å². The number of benzene rings is 2. The van der Waals surface area contributed by atoms with Crippen molar-refractivity contribution in [2.45, 2.75) is 18.4 Å². The molecule has 0 fully saturated rings. The third-order valence-corrected chi connectivity index (χ3v) is 4.91. The standard InChI is InChI=1S/C15H15F2NO2S/c1-2-21(19,20)15-9-4-3-8-14(15)18-10-11-12(16)6-5-7-13(11)17/h3-9,18H,2,10H2,1H3. The normalized spacial score (nSPS) is 11.4. The molecule has 2 aromatic rings. The van der Waals surface area contributed by atoms with Gasteiger partial charge in [-0.05, 0) is 24.3 Å². The van der Waals surface area contributed by atoms with Gasteiger partial charge in [-0.3, -0.25) is 0 Å². The van der Waals surface area contributed by atoms with Crippen LogP contribution in [-0.4, -0.2) is 14.2 Å². The lowest BCUT2D eigenvalue weighted by molar-refractivity contribution is 0.560. The zero-order valence-corrected chi connectivity index (χ0v) is 12.3. The van der Waals surface area contributed by atoms with E-state index in [1.807, 2.05) is 0 Å². The fraction of sp³-hybridized carbons (Fsp3) is 0.200. The first-order valence-electron chi connectivity index (χ1n) is 6.44. The molecule has 0 aliphatic rings. The second-order valence-corrected chi connectivity index (χ2v) is 6.70. The van der Waals surface area contributed by atoms with Crippen LogP contribution in [0.3, 0.4) is 0 Å². The van der Waals surface area contributed by atoms with Gasteiger partial charge in [-0.25, -0.2) is 17.2 Å². The molecule has 0 saturated carbocycles. The molecule has 0 aliphatic carbocycles. The molecule has 0 atom stereocenters. The Balaban J connectivity index is 2.30. The molecule has 0 amide bonds. The lowest BCUT2D eigenvalue weighted by atomic mass is 10.2. The van der Waals surface area contributed by atoms with E-state index in [9.17, 15) is 17.2 Å². The molecular formula is C15H15F2NO2S. The lowest BCUT2D eigenvalue weighted by Gasteiger charge is -2.12. The van der Waals surface area contributed by atoms with E-state index in [1.165, 1.54) is 12.1 Å². The topological polar surface area (TPSA) is 46.2 Å². The van der Waals surface area contributed by atoms with Crippen LogP contribution < -0.4 is 5.32 Å². The summed E-state index contributed by atoms with van der Waals surface area (Å²) in [4.78, 5) is 0.129. The Bertz CT molecular complexity index is 725. The molecule has 3 nitrogen and oxygen atoms in total. The summed E-state index contributed by atoms with van der Waals surface area (Å²) in [6.45, 7) is 1.41. The van der Waals surface area contributed by atoms with Gasteiger partial charge in [-0.2, -0.15) is 0 Å². The van der Waals surface area contributed by atoms with Gasteiger partial charge in [0.1, 0.15) is 11.6 Å². The summed E-state index contributed by atoms with van der Waals surface area (Å²) in [6.07, 6.45) is 0. The third kappa shape index (κ3) is 3.39. The summed E-state index contributed by atoms with van der Waals surface area (Å²) in [7, 11) is -3.40. The van der Waals surface area contributed by atoms with Gasteiger partial charge < -0.3 is 5.32 Å². The molecule has 0 radical (unpaired) electrons. The molecule has 0 bridgehead atoms. The number of hydrogen-bond acceptors (Lipinski definition) is 3. The predicted octanol–water partition coefficient (Wildman–Crippen LogP) is 3.37. The van der Waals surface area contributed by atoms with E-state index in [0.29, 0.717) is 5.69 Å². The highest BCUT2D eigenvalue weighted by atomic mass is 32.2. The number of para-hydroxylation sites is 1. The largest absolute Gasteiger partial charge is 0.380 e. The summed E-state index contributed by atoms with van der Waals surface area (Å²) < 4.78 is 51.1. The Kier molecular flexibility index (Phi) is 4.57. The maximum Gasteiger partial charge on any atom is 0.180 e. The highest BCUT2D eigenvalue weighted by molar-refractivity contribution is 7.91. The van der Waals surface area contributed by atoms with Gasteiger partial charge in [0.15, 0.2) is 9.84 Å². The van der Waals surface area contributed by atoms with E-state index in [0.717, 1.165) is 12.1 Å². The van der Waals surface area contributed by atoms with Gasteiger partial charge in [0.25, 0.3) is 0 Å². The maximum atomic E-state index is 13.6. The first-order chi connectivity index (χ1) is 9.95. The number of nitrogens with one attached hydrogen (secondary N) is 1. The number of sulfone groups is 1. The first-order valence-corrected chi connectivity index (χ1v) is 8.09. The van der Waals surface area contributed by atoms with Crippen molar-refractivity contribution in [1.29, 1.82) is 0 Å². The van der Waals surface area contributed by atoms with E-state index < -0.39 is 21.5 Å². The maximum absolute atomic E-state index is 13.6. The van der Waals surface area contributed by atoms with Crippen LogP contribution in [0.25, 0.3) is 0 Å². The molecule has 0 saturated heterocycles. The zero-order valence-electron chi connectivity index (χ0n) is 11.4. The number of hydrogen-bond donors (Lipinski definition) is 1. The molecule has 0 unspecified atom stereocenters. The molecular weight excluding hydrogens is 296 g/mol. The Hall–Kier alpha value is -1.95. The molecule has 0 spiro atoms. The quantitative estimate of drug-likeness (QED) is 0.921. The number of anilines is 1. The summed E-state index contributed by atoms with van der Waals surface area (Å²) in [5.41, 5.74) is 0.211. The van der Waals surface area contributed by atoms with E-state index in [1.54, 1.807) is 25.1 Å². The van der Waals surface area contributed by atoms with Crippen molar-refractivity contribution in [3.05, 3.63) is 59.7 Å². The van der Waals surface area contributed by atoms with Crippen LogP contribution in [-0.2, 0) is 16.4 Å². The lowest BCUT2D eigenvalue weighted by Crippen LogP contribution is -2.10. The van der Waals surface area contributed by atoms with Crippen LogP contribution in [0.15, 0.2) is 47.4 Å². The summed E-state index contributed by atoms with van der Waals surface area (Å²) in [5.74, 6) is -1.38. The molecule has 112 valence electrons. The first kappa shape index (κ1) is 15.4. The van der Waals surface area contributed by atoms with Crippen LogP contribution >= 0.6 is 0 Å². The second kappa shape index (κ2) is 6.22. The van der Waals surface area contributed by atoms with Gasteiger partial charge in [0.05, 0.1) is 16.3 Å². The minimum atomic E-state index is -3.40. The molecule has 21 heavy (non-hydrogen) atoms. The molecule has 0 heterocycles. The van der Waals surface area contributed by atoms with Crippen molar-refractivity contribution in [2.75, 3.05) is 11.1 Å². The van der Waals surface area contributed by atoms with Crippen molar-refractivity contribution < 1.29 is 17.2 Å². The molecule has 2 aromatic carbocycles. The van der Waals surface area contributed by atoms with Crippen LogP contribution in [0.4, 0.5) is 14.5 Å². The highest BCUT2D eigenvalue weighted by Crippen LogP contribution is 2.23. The van der Waals surface area contributed by atoms with Gasteiger partial charge in [-0.1, -0.05) is 25.1 Å². The SMILES string of the molecule is CCS(=O)(=O)c1ccccc1NCc1c(F)cccc1F. The summed E-state index contributed by atoms with van der Waals surface area (Å²) >= 11 is 0. The van der Waals surface area contributed by atoms with Gasteiger partial charge >= 0.3 is 0 Å². The highest BCUT2D eigenvalue weighted by Gasteiger charge is 2.16. The fourth-order valence-electron chi connectivity index (χ4n) is 1.92. The van der Waals surface area contributed by atoms with Crippen LogP contribution in [0.1, 0.15) is 12.5 Å². The molecule has 1 N–H and O–H groups in total. The van der Waals surface area contributed by atoms with Crippen LogP contribution in [0.5, 0.6) is 0 Å². The molecule has 0 aliphatic heterocycles. The van der Waals surface area contributed by atoms with E-state index in [-0.39, 0.29) is 22.8 Å². The van der Waals surface area contributed by atoms with Crippen molar-refractivity contribution in [3.8, 4) is 0 Å². The zero-order chi connectivity index (χ0) is 15.5. The Morgan fingerprint density at radius 2 is 1.62 bits per heavy atom. The minimum absolute atomic E-state index is 0.0419. The van der Waals surface area contributed by atoms with E-state index in [4.69, 9.17) is 0 Å². The molecule has 0 aromatic heterocycles. The monoisotopic (exact) mass is 311 g/mol. The summed E-state index contributed by atoms with van der Waals surface area (Å²) in [6, 6.07) is 9.92. The van der Waals surface area contributed by atoms with Crippen molar-refractivity contribution in [2.24, 2.45) is 0 Å². The summed E-state index contributed by atoms with van der Waals surface area (Å²) in [5, 5.41) is 2.79. The average molecular weight is 311 g/mol. The fourth-order valence-corrected chi connectivity index (χ4v) is 3.00. The third-order valence-electron chi connectivity index (χ3n) is 3.12. The molecule has 6 heteroatoms. The van der Waals surface area contributed by atoms with Crippen molar-refractivity contribution in [3.63, 3.8) is 0 Å². The predicted molar refractivity (Wildman–Crippen MR) is 77.9 cm³/mol. The Morgan fingerprint density at radius 1 is 1.00 bits per heavy atom. The van der Waals surface area contributed by atoms with Crippen molar-refractivity contribution in [1.82, 2.24) is 0 Å². The minimum Gasteiger partial charge on any atom is -0.380 e. The average Bonchev–Trinajstić information content (AvgIpc) is 2.47. The smallest absolute Gasteiger partial charge is 0.180 e. The van der Waals surface area contributed by atoms with Crippen molar-refractivity contribution >= 4 is 15.5 Å². The van der Waals surface area contributed by atoms with Gasteiger partial charge in [-0.15, -0.1) is 0 Å².